The van der Waals surface area contributed by atoms with Crippen LogP contribution in [0.3, 0.4) is 0 Å². The molecular formula is C20H37IN4O2. The van der Waals surface area contributed by atoms with Crippen molar-refractivity contribution in [1.29, 1.82) is 0 Å². The first-order valence-corrected chi connectivity index (χ1v) is 9.87. The maximum Gasteiger partial charge on any atom is 0.250 e. The second-order valence-corrected chi connectivity index (χ2v) is 6.65. The van der Waals surface area contributed by atoms with Crippen LogP contribution in [-0.4, -0.2) is 42.9 Å². The number of aromatic nitrogens is 1. The molecule has 1 aromatic rings. The fraction of sp³-hybridized carbons (Fsp3) is 0.700. The summed E-state index contributed by atoms with van der Waals surface area (Å²) in [6.45, 7) is 12.4. The van der Waals surface area contributed by atoms with Gasteiger partial charge in [-0.1, -0.05) is 19.9 Å². The number of hydrogen-bond acceptors (Lipinski definition) is 3. The number of pyridine rings is 1. The monoisotopic (exact) mass is 492 g/mol. The van der Waals surface area contributed by atoms with Crippen molar-refractivity contribution < 1.29 is 4.74 Å². The number of hydrogen-bond donors (Lipinski definition) is 2. The normalized spacial score (nSPS) is 12.6. The molecular weight excluding hydrogens is 455 g/mol. The van der Waals surface area contributed by atoms with Crippen LogP contribution in [0, 0.1) is 5.92 Å². The van der Waals surface area contributed by atoms with E-state index in [-0.39, 0.29) is 35.6 Å². The van der Waals surface area contributed by atoms with Gasteiger partial charge < -0.3 is 19.9 Å². The van der Waals surface area contributed by atoms with Crippen molar-refractivity contribution in [2.24, 2.45) is 10.9 Å². The van der Waals surface area contributed by atoms with Crippen molar-refractivity contribution in [2.45, 2.75) is 59.6 Å². The quantitative estimate of drug-likeness (QED) is 0.204. The first kappa shape index (κ1) is 25.9. The van der Waals surface area contributed by atoms with Gasteiger partial charge in [0, 0.05) is 45.0 Å². The molecule has 0 fully saturated rings. The second kappa shape index (κ2) is 15.9. The summed E-state index contributed by atoms with van der Waals surface area (Å²) in [5.74, 6) is 1.36. The number of nitrogens with zero attached hydrogens (tertiary/aromatic N) is 2. The molecule has 0 aliphatic carbocycles. The smallest absolute Gasteiger partial charge is 0.250 e. The summed E-state index contributed by atoms with van der Waals surface area (Å²) >= 11 is 0. The highest BCUT2D eigenvalue weighted by molar-refractivity contribution is 14.0. The molecule has 1 rings (SSSR count). The largest absolute Gasteiger partial charge is 0.378 e. The molecule has 1 heterocycles. The minimum Gasteiger partial charge on any atom is -0.378 e. The van der Waals surface area contributed by atoms with Crippen molar-refractivity contribution in [1.82, 2.24) is 15.2 Å². The molecule has 7 heteroatoms. The summed E-state index contributed by atoms with van der Waals surface area (Å²) in [6.07, 6.45) is 4.96. The van der Waals surface area contributed by atoms with Crippen molar-refractivity contribution in [2.75, 3.05) is 26.2 Å². The zero-order valence-electron chi connectivity index (χ0n) is 17.2. The predicted molar refractivity (Wildman–Crippen MR) is 124 cm³/mol. The molecule has 6 nitrogen and oxygen atoms in total. The Bertz CT molecular complexity index is 575. The number of nitrogens with one attached hydrogen (secondary N) is 2. The summed E-state index contributed by atoms with van der Waals surface area (Å²) in [7, 11) is 0. The molecule has 1 aromatic heterocycles. The fourth-order valence-corrected chi connectivity index (χ4v) is 2.73. The molecule has 0 radical (unpaired) electrons. The molecule has 0 aliphatic rings. The minimum atomic E-state index is 0. The van der Waals surface area contributed by atoms with Crippen LogP contribution in [0.1, 0.15) is 47.0 Å². The summed E-state index contributed by atoms with van der Waals surface area (Å²) in [5, 5.41) is 6.66. The molecule has 1 atom stereocenters. The van der Waals surface area contributed by atoms with Gasteiger partial charge in [-0.3, -0.25) is 9.79 Å². The SMILES string of the molecule is CCNC(=NCCCCn1ccccc1=O)NCCC(OCC)C(C)C.I. The zero-order valence-corrected chi connectivity index (χ0v) is 19.6. The number of guanidine groups is 1. The topological polar surface area (TPSA) is 67.7 Å². The average molecular weight is 492 g/mol. The molecule has 27 heavy (non-hydrogen) atoms. The van der Waals surface area contributed by atoms with E-state index in [0.29, 0.717) is 5.92 Å². The lowest BCUT2D eigenvalue weighted by Gasteiger charge is -2.21. The highest BCUT2D eigenvalue weighted by Crippen LogP contribution is 2.09. The van der Waals surface area contributed by atoms with Crippen LogP contribution in [0.4, 0.5) is 0 Å². The van der Waals surface area contributed by atoms with Gasteiger partial charge in [-0.25, -0.2) is 0 Å². The predicted octanol–water partition coefficient (Wildman–Crippen LogP) is 3.25. The van der Waals surface area contributed by atoms with E-state index in [1.807, 2.05) is 19.2 Å². The van der Waals surface area contributed by atoms with Gasteiger partial charge in [0.05, 0.1) is 6.10 Å². The molecule has 0 aromatic carbocycles. The standard InChI is InChI=1S/C20H36N4O2.HI/c1-5-21-20(23-14-12-18(17(3)4)26-6-2)22-13-8-10-16-24-15-9-7-11-19(24)25;/h7,9,11,15,17-18H,5-6,8,10,12-14,16H2,1-4H3,(H2,21,22,23);1H. The Morgan fingerprint density at radius 1 is 1.22 bits per heavy atom. The van der Waals surface area contributed by atoms with E-state index in [2.05, 4.69) is 36.4 Å². The lowest BCUT2D eigenvalue weighted by Crippen LogP contribution is -2.39. The van der Waals surface area contributed by atoms with E-state index in [1.54, 1.807) is 16.7 Å². The molecule has 0 spiro atoms. The Morgan fingerprint density at radius 2 is 2.00 bits per heavy atom. The third kappa shape index (κ3) is 11.4. The third-order valence-corrected chi connectivity index (χ3v) is 4.17. The Hall–Kier alpha value is -1.09. The van der Waals surface area contributed by atoms with E-state index >= 15 is 0 Å². The number of unbranched alkanes of at least 4 members (excludes halogenated alkanes) is 1. The van der Waals surface area contributed by atoms with Crippen LogP contribution in [0.5, 0.6) is 0 Å². The van der Waals surface area contributed by atoms with Crippen LogP contribution in [0.2, 0.25) is 0 Å². The van der Waals surface area contributed by atoms with Gasteiger partial charge in [0.1, 0.15) is 0 Å². The van der Waals surface area contributed by atoms with Crippen molar-refractivity contribution in [3.63, 3.8) is 0 Å². The van der Waals surface area contributed by atoms with Gasteiger partial charge in [0.2, 0.25) is 5.56 Å². The Labute approximate surface area is 181 Å². The summed E-state index contributed by atoms with van der Waals surface area (Å²) in [5.41, 5.74) is 0.0556. The molecule has 0 saturated heterocycles. The van der Waals surface area contributed by atoms with Crippen LogP contribution in [0.25, 0.3) is 0 Å². The molecule has 156 valence electrons. The molecule has 0 aliphatic heterocycles. The van der Waals surface area contributed by atoms with Gasteiger partial charge in [-0.2, -0.15) is 0 Å². The third-order valence-electron chi connectivity index (χ3n) is 4.17. The second-order valence-electron chi connectivity index (χ2n) is 6.65. The van der Waals surface area contributed by atoms with Crippen LogP contribution in [-0.2, 0) is 11.3 Å². The van der Waals surface area contributed by atoms with Crippen LogP contribution < -0.4 is 16.2 Å². The van der Waals surface area contributed by atoms with Crippen LogP contribution >= 0.6 is 24.0 Å². The number of aliphatic imine (C=N–C) groups is 1. The maximum absolute atomic E-state index is 11.6. The van der Waals surface area contributed by atoms with Gasteiger partial charge in [-0.05, 0) is 45.1 Å². The maximum atomic E-state index is 11.6. The Kier molecular flexibility index (Phi) is 15.3. The summed E-state index contributed by atoms with van der Waals surface area (Å²) in [4.78, 5) is 16.3. The van der Waals surface area contributed by atoms with E-state index in [4.69, 9.17) is 4.74 Å². The van der Waals surface area contributed by atoms with Gasteiger partial charge >= 0.3 is 0 Å². The number of halogens is 1. The molecule has 0 amide bonds. The fourth-order valence-electron chi connectivity index (χ4n) is 2.73. The van der Waals surface area contributed by atoms with Crippen molar-refractivity contribution in [3.05, 3.63) is 34.7 Å². The Morgan fingerprint density at radius 3 is 2.63 bits per heavy atom. The molecule has 1 unspecified atom stereocenters. The minimum absolute atomic E-state index is 0. The number of rotatable bonds is 12. The number of aryl methyl sites for hydroxylation is 1. The molecule has 0 saturated carbocycles. The van der Waals surface area contributed by atoms with E-state index < -0.39 is 0 Å². The van der Waals surface area contributed by atoms with Crippen molar-refractivity contribution >= 4 is 29.9 Å². The lowest BCUT2D eigenvalue weighted by molar-refractivity contribution is 0.0258. The Balaban J connectivity index is 0.00000676. The summed E-state index contributed by atoms with van der Waals surface area (Å²) in [6, 6.07) is 5.25. The highest BCUT2D eigenvalue weighted by Gasteiger charge is 2.12. The lowest BCUT2D eigenvalue weighted by atomic mass is 10.0. The highest BCUT2D eigenvalue weighted by atomic mass is 127. The van der Waals surface area contributed by atoms with Gasteiger partial charge in [-0.15, -0.1) is 24.0 Å². The van der Waals surface area contributed by atoms with E-state index in [9.17, 15) is 4.79 Å². The zero-order chi connectivity index (χ0) is 19.2. The first-order chi connectivity index (χ1) is 12.6. The van der Waals surface area contributed by atoms with E-state index in [1.165, 1.54) is 0 Å². The summed E-state index contributed by atoms with van der Waals surface area (Å²) < 4.78 is 7.52. The van der Waals surface area contributed by atoms with Gasteiger partial charge in [0.25, 0.3) is 0 Å². The van der Waals surface area contributed by atoms with Crippen LogP contribution in [0.15, 0.2) is 34.2 Å². The number of ether oxygens (including phenoxy) is 1. The van der Waals surface area contributed by atoms with E-state index in [0.717, 1.165) is 58.0 Å². The first-order valence-electron chi connectivity index (χ1n) is 9.87. The average Bonchev–Trinajstić information content (AvgIpc) is 2.62. The molecule has 2 N–H and O–H groups in total. The molecule has 0 bridgehead atoms. The van der Waals surface area contributed by atoms with Gasteiger partial charge in [0.15, 0.2) is 5.96 Å². The van der Waals surface area contributed by atoms with Crippen molar-refractivity contribution in [3.8, 4) is 0 Å².